The lowest BCUT2D eigenvalue weighted by Crippen LogP contribution is -2.12. The molecule has 0 radical (unpaired) electrons. The Labute approximate surface area is 145 Å². The van der Waals surface area contributed by atoms with E-state index in [1.807, 2.05) is 0 Å². The summed E-state index contributed by atoms with van der Waals surface area (Å²) in [6.45, 7) is 1.80. The van der Waals surface area contributed by atoms with Gasteiger partial charge in [0.2, 0.25) is 0 Å². The molecule has 0 bridgehead atoms. The summed E-state index contributed by atoms with van der Waals surface area (Å²) >= 11 is 0. The van der Waals surface area contributed by atoms with Crippen LogP contribution in [0.1, 0.15) is 81.5 Å². The van der Waals surface area contributed by atoms with E-state index >= 15 is 0 Å². The van der Waals surface area contributed by atoms with Crippen LogP contribution in [0, 0.1) is 0 Å². The van der Waals surface area contributed by atoms with Gasteiger partial charge in [-0.3, -0.25) is 4.79 Å². The highest BCUT2D eigenvalue weighted by Crippen LogP contribution is 2.21. The number of carboxylic acids is 1. The largest absolute Gasteiger partial charge is 0.481 e. The Morgan fingerprint density at radius 2 is 1.50 bits per heavy atom. The van der Waals surface area contributed by atoms with Gasteiger partial charge in [-0.25, -0.2) is 4.79 Å². The number of Topliss-reactive ketones (excluding diaryl/α,β-unsaturated/α-hetero) is 1. The maximum atomic E-state index is 12.3. The zero-order valence-electron chi connectivity index (χ0n) is 14.8. The number of carbonyl (C=O) groups is 2. The molecule has 4 heteroatoms. The van der Waals surface area contributed by atoms with Crippen molar-refractivity contribution in [2.24, 2.45) is 0 Å². The van der Waals surface area contributed by atoms with Gasteiger partial charge in [-0.15, -0.1) is 0 Å². The third-order valence-corrected chi connectivity index (χ3v) is 4.05. The first-order valence-corrected chi connectivity index (χ1v) is 9.12. The van der Waals surface area contributed by atoms with E-state index in [0.29, 0.717) is 17.7 Å². The number of aliphatic carboxylic acids is 1. The highest BCUT2D eigenvalue weighted by Gasteiger charge is 2.12. The Morgan fingerprint density at radius 1 is 0.917 bits per heavy atom. The molecule has 0 aliphatic carbocycles. The molecule has 0 aromatic heterocycles. The van der Waals surface area contributed by atoms with Crippen molar-refractivity contribution in [1.29, 1.82) is 0 Å². The molecule has 1 N–H and O–H groups in total. The smallest absolute Gasteiger partial charge is 0.341 e. The van der Waals surface area contributed by atoms with E-state index in [2.05, 4.69) is 6.92 Å². The maximum absolute atomic E-state index is 12.3. The van der Waals surface area contributed by atoms with E-state index in [1.54, 1.807) is 24.3 Å². The number of ether oxygens (including phenoxy) is 1. The molecule has 0 heterocycles. The fourth-order valence-electron chi connectivity index (χ4n) is 2.69. The zero-order valence-corrected chi connectivity index (χ0v) is 14.8. The van der Waals surface area contributed by atoms with Gasteiger partial charge in [-0.2, -0.15) is 0 Å². The number of benzene rings is 1. The molecule has 134 valence electrons. The molecule has 1 aromatic carbocycles. The number of rotatable bonds is 14. The Bertz CT molecular complexity index is 496. The van der Waals surface area contributed by atoms with Crippen molar-refractivity contribution in [3.8, 4) is 5.75 Å². The highest BCUT2D eigenvalue weighted by atomic mass is 16.5. The molecule has 1 aromatic rings. The molecule has 0 fully saturated rings. The second kappa shape index (κ2) is 12.6. The average molecular weight is 334 g/mol. The number of ketones is 1. The molecular formula is C20H30O4. The standard InChI is InChI=1S/C20H30O4/c1-2-3-4-5-6-7-8-9-10-14-18(21)17-13-11-12-15-19(17)24-16-20(22)23/h11-13,15H,2-10,14,16H2,1H3,(H,22,23). The first-order valence-electron chi connectivity index (χ1n) is 9.12. The highest BCUT2D eigenvalue weighted by molar-refractivity contribution is 5.98. The van der Waals surface area contributed by atoms with Crippen LogP contribution in [0.3, 0.4) is 0 Å². The third kappa shape index (κ3) is 8.70. The molecule has 0 amide bonds. The fourth-order valence-corrected chi connectivity index (χ4v) is 2.69. The molecule has 0 saturated carbocycles. The summed E-state index contributed by atoms with van der Waals surface area (Å²) in [6, 6.07) is 6.86. The molecule has 0 unspecified atom stereocenters. The molecule has 4 nitrogen and oxygen atoms in total. The molecule has 0 spiro atoms. The van der Waals surface area contributed by atoms with E-state index < -0.39 is 12.6 Å². The summed E-state index contributed by atoms with van der Waals surface area (Å²) in [5.41, 5.74) is 0.485. The maximum Gasteiger partial charge on any atom is 0.341 e. The van der Waals surface area contributed by atoms with Gasteiger partial charge in [-0.05, 0) is 18.6 Å². The summed E-state index contributed by atoms with van der Waals surface area (Å²) in [5, 5.41) is 8.69. The van der Waals surface area contributed by atoms with Crippen LogP contribution in [0.25, 0.3) is 0 Å². The van der Waals surface area contributed by atoms with Gasteiger partial charge in [-0.1, -0.05) is 70.4 Å². The lowest BCUT2D eigenvalue weighted by molar-refractivity contribution is -0.139. The van der Waals surface area contributed by atoms with Gasteiger partial charge in [0.15, 0.2) is 12.4 Å². The van der Waals surface area contributed by atoms with Gasteiger partial charge in [0, 0.05) is 6.42 Å². The molecular weight excluding hydrogens is 304 g/mol. The predicted octanol–water partition coefficient (Wildman–Crippen LogP) is 5.25. The normalized spacial score (nSPS) is 10.5. The SMILES string of the molecule is CCCCCCCCCCCC(=O)c1ccccc1OCC(=O)O. The first-order chi connectivity index (χ1) is 11.6. The van der Waals surface area contributed by atoms with Crippen molar-refractivity contribution >= 4 is 11.8 Å². The third-order valence-electron chi connectivity index (χ3n) is 4.05. The van der Waals surface area contributed by atoms with Gasteiger partial charge < -0.3 is 9.84 Å². The quantitative estimate of drug-likeness (QED) is 0.372. The number of unbranched alkanes of at least 4 members (excludes halogenated alkanes) is 8. The van der Waals surface area contributed by atoms with E-state index in [1.165, 1.54) is 44.9 Å². The van der Waals surface area contributed by atoms with Crippen LogP contribution in [0.4, 0.5) is 0 Å². The predicted molar refractivity (Wildman–Crippen MR) is 95.7 cm³/mol. The van der Waals surface area contributed by atoms with E-state index in [4.69, 9.17) is 9.84 Å². The van der Waals surface area contributed by atoms with Crippen LogP contribution in [0.15, 0.2) is 24.3 Å². The van der Waals surface area contributed by atoms with E-state index in [9.17, 15) is 9.59 Å². The minimum absolute atomic E-state index is 0.0268. The Balaban J connectivity index is 2.24. The van der Waals surface area contributed by atoms with E-state index in [0.717, 1.165) is 12.8 Å². The van der Waals surface area contributed by atoms with Crippen LogP contribution in [-0.2, 0) is 4.79 Å². The molecule has 0 aliphatic rings. The minimum Gasteiger partial charge on any atom is -0.481 e. The summed E-state index contributed by atoms with van der Waals surface area (Å²) in [5.74, 6) is -0.657. The lowest BCUT2D eigenvalue weighted by Gasteiger charge is -2.09. The monoisotopic (exact) mass is 334 g/mol. The second-order valence-corrected chi connectivity index (χ2v) is 6.18. The lowest BCUT2D eigenvalue weighted by atomic mass is 10.0. The number of carboxylic acid groups (broad SMARTS) is 1. The van der Waals surface area contributed by atoms with Crippen molar-refractivity contribution in [1.82, 2.24) is 0 Å². The van der Waals surface area contributed by atoms with Crippen LogP contribution < -0.4 is 4.74 Å². The van der Waals surface area contributed by atoms with E-state index in [-0.39, 0.29) is 5.78 Å². The Kier molecular flexibility index (Phi) is 10.6. The summed E-state index contributed by atoms with van der Waals surface area (Å²) in [4.78, 5) is 22.9. The molecule has 1 rings (SSSR count). The van der Waals surface area contributed by atoms with Crippen molar-refractivity contribution in [2.45, 2.75) is 71.1 Å². The van der Waals surface area contributed by atoms with Crippen LogP contribution in [0.2, 0.25) is 0 Å². The Hall–Kier alpha value is -1.84. The van der Waals surface area contributed by atoms with Gasteiger partial charge in [0.25, 0.3) is 0 Å². The molecule has 0 saturated heterocycles. The van der Waals surface area contributed by atoms with Gasteiger partial charge in [0.1, 0.15) is 5.75 Å². The first kappa shape index (κ1) is 20.2. The molecule has 0 aliphatic heterocycles. The van der Waals surface area contributed by atoms with Gasteiger partial charge >= 0.3 is 5.97 Å². The van der Waals surface area contributed by atoms with Crippen LogP contribution in [0.5, 0.6) is 5.75 Å². The summed E-state index contributed by atoms with van der Waals surface area (Å²) < 4.78 is 5.19. The second-order valence-electron chi connectivity index (χ2n) is 6.18. The van der Waals surface area contributed by atoms with Crippen LogP contribution >= 0.6 is 0 Å². The van der Waals surface area contributed by atoms with Crippen molar-refractivity contribution in [2.75, 3.05) is 6.61 Å². The van der Waals surface area contributed by atoms with Crippen molar-refractivity contribution in [3.63, 3.8) is 0 Å². The number of carbonyl (C=O) groups excluding carboxylic acids is 1. The zero-order chi connectivity index (χ0) is 17.6. The Morgan fingerprint density at radius 3 is 2.12 bits per heavy atom. The molecule has 0 atom stereocenters. The topological polar surface area (TPSA) is 63.6 Å². The number of hydrogen-bond acceptors (Lipinski definition) is 3. The summed E-state index contributed by atoms with van der Waals surface area (Å²) in [7, 11) is 0. The molecule has 24 heavy (non-hydrogen) atoms. The summed E-state index contributed by atoms with van der Waals surface area (Å²) in [6.07, 6.45) is 11.4. The van der Waals surface area contributed by atoms with Gasteiger partial charge in [0.05, 0.1) is 5.56 Å². The minimum atomic E-state index is -1.05. The number of hydrogen-bond donors (Lipinski definition) is 1. The average Bonchev–Trinajstić information content (AvgIpc) is 2.58. The van der Waals surface area contributed by atoms with Crippen LogP contribution in [-0.4, -0.2) is 23.5 Å². The van der Waals surface area contributed by atoms with Crippen molar-refractivity contribution in [3.05, 3.63) is 29.8 Å². The number of para-hydroxylation sites is 1. The van der Waals surface area contributed by atoms with Crippen molar-refractivity contribution < 1.29 is 19.4 Å². The fraction of sp³-hybridized carbons (Fsp3) is 0.600.